The van der Waals surface area contributed by atoms with Gasteiger partial charge in [0.1, 0.15) is 0 Å². The van der Waals surface area contributed by atoms with E-state index in [1.807, 2.05) is 18.4 Å². The summed E-state index contributed by atoms with van der Waals surface area (Å²) >= 11 is 1.88. The Bertz CT molecular complexity index is 895. The fraction of sp³-hybridized carbons (Fsp3) is 0.458. The highest BCUT2D eigenvalue weighted by Crippen LogP contribution is 2.28. The number of ether oxygens (including phenoxy) is 1. The molecule has 3 heterocycles. The molecule has 7 heteroatoms. The minimum atomic E-state index is 0.326. The van der Waals surface area contributed by atoms with Crippen molar-refractivity contribution in [1.82, 2.24) is 15.5 Å². The Balaban J connectivity index is 1.35. The molecule has 31 heavy (non-hydrogen) atoms. The van der Waals surface area contributed by atoms with Crippen molar-refractivity contribution in [3.8, 4) is 0 Å². The topological polar surface area (TPSA) is 52.1 Å². The lowest BCUT2D eigenvalue weighted by Gasteiger charge is -2.34. The largest absolute Gasteiger partial charge is 0.379 e. The van der Waals surface area contributed by atoms with Crippen LogP contribution in [0.25, 0.3) is 0 Å². The number of aryl methyl sites for hydroxylation is 1. The van der Waals surface area contributed by atoms with Crippen LogP contribution in [-0.4, -0.2) is 63.8 Å². The van der Waals surface area contributed by atoms with E-state index in [4.69, 9.17) is 4.74 Å². The molecule has 2 aliphatic rings. The molecule has 4 rings (SSSR count). The molecular formula is C24H33N5OS. The number of hydrogen-bond donors (Lipinski definition) is 2. The maximum Gasteiger partial charge on any atom is 0.191 e. The summed E-state index contributed by atoms with van der Waals surface area (Å²) in [6, 6.07) is 13.5. The fourth-order valence-electron chi connectivity index (χ4n) is 4.08. The van der Waals surface area contributed by atoms with Gasteiger partial charge in [0.05, 0.1) is 19.3 Å². The highest BCUT2D eigenvalue weighted by atomic mass is 32.1. The molecule has 0 radical (unpaired) electrons. The number of aliphatic imine (C=N–C) groups is 1. The zero-order valence-electron chi connectivity index (χ0n) is 18.5. The van der Waals surface area contributed by atoms with Crippen molar-refractivity contribution in [3.63, 3.8) is 0 Å². The molecule has 1 saturated heterocycles. The molecule has 1 unspecified atom stereocenters. The van der Waals surface area contributed by atoms with Gasteiger partial charge in [0.2, 0.25) is 0 Å². The van der Waals surface area contributed by atoms with E-state index < -0.39 is 0 Å². The Morgan fingerprint density at radius 3 is 2.65 bits per heavy atom. The Morgan fingerprint density at radius 2 is 1.94 bits per heavy atom. The number of thiophene rings is 1. The number of hydrogen-bond acceptors (Lipinski definition) is 5. The van der Waals surface area contributed by atoms with Crippen LogP contribution in [-0.2, 0) is 11.3 Å². The number of guanidine groups is 1. The lowest BCUT2D eigenvalue weighted by Crippen LogP contribution is -2.46. The summed E-state index contributed by atoms with van der Waals surface area (Å²) in [7, 11) is 1.83. The zero-order chi connectivity index (χ0) is 21.5. The van der Waals surface area contributed by atoms with Gasteiger partial charge in [-0.1, -0.05) is 24.3 Å². The van der Waals surface area contributed by atoms with Gasteiger partial charge in [-0.2, -0.15) is 0 Å². The van der Waals surface area contributed by atoms with Crippen LogP contribution in [0.1, 0.15) is 21.4 Å². The Labute approximate surface area is 189 Å². The van der Waals surface area contributed by atoms with E-state index in [1.54, 1.807) is 0 Å². The Kier molecular flexibility index (Phi) is 7.61. The van der Waals surface area contributed by atoms with Crippen molar-refractivity contribution in [3.05, 3.63) is 63.9 Å². The molecule has 0 amide bonds. The highest BCUT2D eigenvalue weighted by Gasteiger charge is 2.24. The fourth-order valence-corrected chi connectivity index (χ4v) is 5.10. The minimum Gasteiger partial charge on any atom is -0.379 e. The van der Waals surface area contributed by atoms with Gasteiger partial charge in [0.25, 0.3) is 0 Å². The Morgan fingerprint density at radius 1 is 1.13 bits per heavy atom. The first-order valence-electron chi connectivity index (χ1n) is 11.0. The quantitative estimate of drug-likeness (QED) is 0.394. The molecule has 1 aromatic carbocycles. The first kappa shape index (κ1) is 21.9. The van der Waals surface area contributed by atoms with Gasteiger partial charge in [-0.05, 0) is 36.8 Å². The number of anilines is 1. The second-order valence-electron chi connectivity index (χ2n) is 7.97. The smallest absolute Gasteiger partial charge is 0.191 e. The summed E-state index contributed by atoms with van der Waals surface area (Å²) in [5.74, 6) is 0.833. The third-order valence-electron chi connectivity index (χ3n) is 5.82. The number of nitrogens with one attached hydrogen (secondary N) is 2. The first-order chi connectivity index (χ1) is 15.2. The maximum absolute atomic E-state index is 5.57. The van der Waals surface area contributed by atoms with Crippen LogP contribution >= 0.6 is 11.3 Å². The van der Waals surface area contributed by atoms with E-state index in [1.165, 1.54) is 21.0 Å². The van der Waals surface area contributed by atoms with Gasteiger partial charge < -0.3 is 20.3 Å². The molecule has 2 aliphatic heterocycles. The van der Waals surface area contributed by atoms with E-state index >= 15 is 0 Å². The molecular weight excluding hydrogens is 406 g/mol. The lowest BCUT2D eigenvalue weighted by molar-refractivity contribution is 0.0177. The van der Waals surface area contributed by atoms with Crippen molar-refractivity contribution in [1.29, 1.82) is 0 Å². The van der Waals surface area contributed by atoms with Gasteiger partial charge in [-0.25, -0.2) is 0 Å². The molecule has 1 aromatic heterocycles. The second kappa shape index (κ2) is 10.8. The number of rotatable bonds is 7. The molecule has 6 nitrogen and oxygen atoms in total. The predicted octanol–water partition coefficient (Wildman–Crippen LogP) is 3.17. The van der Waals surface area contributed by atoms with Crippen LogP contribution in [0.4, 0.5) is 5.69 Å². The number of nitrogens with zero attached hydrogens (tertiary/aromatic N) is 3. The minimum absolute atomic E-state index is 0.326. The van der Waals surface area contributed by atoms with Crippen LogP contribution < -0.4 is 15.5 Å². The summed E-state index contributed by atoms with van der Waals surface area (Å²) in [6.07, 6.45) is 4.44. The van der Waals surface area contributed by atoms with E-state index in [2.05, 4.69) is 80.9 Å². The van der Waals surface area contributed by atoms with Crippen LogP contribution in [0.3, 0.4) is 0 Å². The van der Waals surface area contributed by atoms with Gasteiger partial charge in [-0.3, -0.25) is 9.89 Å². The van der Waals surface area contributed by atoms with Gasteiger partial charge in [0, 0.05) is 61.8 Å². The average Bonchev–Trinajstić information content (AvgIpc) is 3.49. The molecule has 0 spiro atoms. The predicted molar refractivity (Wildman–Crippen MR) is 130 cm³/mol. The van der Waals surface area contributed by atoms with Crippen molar-refractivity contribution in [2.24, 2.45) is 4.99 Å². The van der Waals surface area contributed by atoms with Gasteiger partial charge in [0.15, 0.2) is 5.96 Å². The van der Waals surface area contributed by atoms with Crippen LogP contribution in [0.15, 0.2) is 53.5 Å². The van der Waals surface area contributed by atoms with Gasteiger partial charge in [-0.15, -0.1) is 11.3 Å². The van der Waals surface area contributed by atoms with E-state index in [9.17, 15) is 0 Å². The third kappa shape index (κ3) is 5.87. The molecule has 0 bridgehead atoms. The summed E-state index contributed by atoms with van der Waals surface area (Å²) in [6.45, 7) is 9.25. The van der Waals surface area contributed by atoms with E-state index in [-0.39, 0.29) is 0 Å². The average molecular weight is 440 g/mol. The van der Waals surface area contributed by atoms with Crippen molar-refractivity contribution >= 4 is 23.0 Å². The van der Waals surface area contributed by atoms with Crippen molar-refractivity contribution in [2.45, 2.75) is 19.5 Å². The second-order valence-corrected chi connectivity index (χ2v) is 9.28. The summed E-state index contributed by atoms with van der Waals surface area (Å²) in [5, 5.41) is 7.04. The van der Waals surface area contributed by atoms with Gasteiger partial charge >= 0.3 is 0 Å². The van der Waals surface area contributed by atoms with E-state index in [0.717, 1.165) is 58.4 Å². The molecule has 1 atom stereocenters. The van der Waals surface area contributed by atoms with Crippen molar-refractivity contribution in [2.75, 3.05) is 57.9 Å². The molecule has 166 valence electrons. The normalized spacial score (nSPS) is 18.4. The van der Waals surface area contributed by atoms with E-state index in [0.29, 0.717) is 6.04 Å². The molecule has 2 aromatic rings. The molecule has 0 saturated carbocycles. The lowest BCUT2D eigenvalue weighted by atomic mass is 10.2. The number of morpholine rings is 1. The summed E-state index contributed by atoms with van der Waals surface area (Å²) < 4.78 is 5.57. The summed E-state index contributed by atoms with van der Waals surface area (Å²) in [4.78, 5) is 12.1. The van der Waals surface area contributed by atoms with Crippen LogP contribution in [0.2, 0.25) is 0 Å². The molecule has 0 aliphatic carbocycles. The monoisotopic (exact) mass is 439 g/mol. The highest BCUT2D eigenvalue weighted by molar-refractivity contribution is 7.12. The third-order valence-corrected chi connectivity index (χ3v) is 6.92. The summed E-state index contributed by atoms with van der Waals surface area (Å²) in [5.41, 5.74) is 2.53. The van der Waals surface area contributed by atoms with Crippen molar-refractivity contribution < 1.29 is 4.74 Å². The molecule has 2 N–H and O–H groups in total. The first-order valence-corrected chi connectivity index (χ1v) is 11.9. The zero-order valence-corrected chi connectivity index (χ0v) is 19.3. The van der Waals surface area contributed by atoms with Crippen LogP contribution in [0.5, 0.6) is 0 Å². The number of benzene rings is 1. The Hall–Kier alpha value is -2.35. The SMILES string of the molecule is CN=C(NCc1cccc(N2CC=CC2)c1)NCC(c1ccc(C)s1)N1CCOCC1. The standard InChI is InChI=1S/C24H33N5OS/c1-19-8-9-23(31-19)22(29-12-14-30-15-13-29)18-27-24(25-2)26-17-20-6-5-7-21(16-20)28-10-3-4-11-28/h3-9,16,22H,10-15,17-18H2,1-2H3,(H2,25,26,27). The van der Waals surface area contributed by atoms with Crippen LogP contribution in [0, 0.1) is 6.92 Å². The molecule has 1 fully saturated rings. The maximum atomic E-state index is 5.57.